The standard InChI is InChI=1S/C12H14O4/c1-12(2,3)16-11(15)10-8(7-13)5-4-6-9(10)14/h4-7,14H,1-3H3. The van der Waals surface area contributed by atoms with Crippen LogP contribution < -0.4 is 0 Å². The van der Waals surface area contributed by atoms with Crippen molar-refractivity contribution in [3.63, 3.8) is 0 Å². The molecule has 4 nitrogen and oxygen atoms in total. The number of phenolic OH excluding ortho intramolecular Hbond substituents is 1. The van der Waals surface area contributed by atoms with E-state index >= 15 is 0 Å². The van der Waals surface area contributed by atoms with Gasteiger partial charge >= 0.3 is 5.97 Å². The number of ether oxygens (including phenoxy) is 1. The molecule has 0 aliphatic heterocycles. The Kier molecular flexibility index (Phi) is 3.32. The minimum atomic E-state index is -0.701. The van der Waals surface area contributed by atoms with E-state index in [9.17, 15) is 14.7 Å². The van der Waals surface area contributed by atoms with Gasteiger partial charge in [0.05, 0.1) is 0 Å². The van der Waals surface area contributed by atoms with Crippen molar-refractivity contribution in [2.24, 2.45) is 0 Å². The molecule has 4 heteroatoms. The van der Waals surface area contributed by atoms with Gasteiger partial charge in [-0.2, -0.15) is 0 Å². The number of hydrogen-bond donors (Lipinski definition) is 1. The fraction of sp³-hybridized carbons (Fsp3) is 0.333. The third-order valence-corrected chi connectivity index (χ3v) is 1.80. The average molecular weight is 222 g/mol. The van der Waals surface area contributed by atoms with Gasteiger partial charge in [-0.3, -0.25) is 4.79 Å². The summed E-state index contributed by atoms with van der Waals surface area (Å²) in [5.41, 5.74) is -0.638. The number of phenols is 1. The van der Waals surface area contributed by atoms with Crippen LogP contribution in [0.25, 0.3) is 0 Å². The van der Waals surface area contributed by atoms with Crippen LogP contribution in [0.2, 0.25) is 0 Å². The smallest absolute Gasteiger partial charge is 0.343 e. The Morgan fingerprint density at radius 3 is 2.50 bits per heavy atom. The molecule has 0 bridgehead atoms. The first-order valence-corrected chi connectivity index (χ1v) is 4.85. The Bertz CT molecular complexity index is 416. The van der Waals surface area contributed by atoms with Gasteiger partial charge in [0.1, 0.15) is 16.9 Å². The van der Waals surface area contributed by atoms with Gasteiger partial charge in [-0.05, 0) is 26.8 Å². The molecule has 0 atom stereocenters. The van der Waals surface area contributed by atoms with E-state index in [2.05, 4.69) is 0 Å². The predicted octanol–water partition coefficient (Wildman–Crippen LogP) is 2.16. The first-order valence-electron chi connectivity index (χ1n) is 4.85. The summed E-state index contributed by atoms with van der Waals surface area (Å²) in [5, 5.41) is 9.53. The van der Waals surface area contributed by atoms with Gasteiger partial charge in [0.2, 0.25) is 0 Å². The highest BCUT2D eigenvalue weighted by Crippen LogP contribution is 2.23. The fourth-order valence-corrected chi connectivity index (χ4v) is 1.21. The van der Waals surface area contributed by atoms with E-state index in [4.69, 9.17) is 4.74 Å². The summed E-state index contributed by atoms with van der Waals surface area (Å²) >= 11 is 0. The van der Waals surface area contributed by atoms with Crippen molar-refractivity contribution in [1.29, 1.82) is 0 Å². The normalized spacial score (nSPS) is 10.9. The van der Waals surface area contributed by atoms with E-state index in [0.717, 1.165) is 0 Å². The fourth-order valence-electron chi connectivity index (χ4n) is 1.21. The molecule has 0 unspecified atom stereocenters. The molecule has 86 valence electrons. The van der Waals surface area contributed by atoms with Gasteiger partial charge < -0.3 is 9.84 Å². The van der Waals surface area contributed by atoms with E-state index in [1.165, 1.54) is 18.2 Å². The highest BCUT2D eigenvalue weighted by Gasteiger charge is 2.22. The van der Waals surface area contributed by atoms with E-state index in [-0.39, 0.29) is 16.9 Å². The van der Waals surface area contributed by atoms with Crippen LogP contribution in [0.4, 0.5) is 0 Å². The molecule has 16 heavy (non-hydrogen) atoms. The molecule has 0 heterocycles. The second-order valence-electron chi connectivity index (χ2n) is 4.36. The maximum absolute atomic E-state index is 11.7. The van der Waals surface area contributed by atoms with E-state index in [1.54, 1.807) is 20.8 Å². The minimum absolute atomic E-state index is 0.0903. The van der Waals surface area contributed by atoms with Crippen molar-refractivity contribution < 1.29 is 19.4 Å². The first kappa shape index (κ1) is 12.2. The molecule has 0 aliphatic carbocycles. The molecular formula is C12H14O4. The molecule has 0 amide bonds. The van der Waals surface area contributed by atoms with Gasteiger partial charge in [-0.1, -0.05) is 12.1 Å². The van der Waals surface area contributed by atoms with Crippen LogP contribution in [0.15, 0.2) is 18.2 Å². The maximum atomic E-state index is 11.7. The quantitative estimate of drug-likeness (QED) is 0.615. The molecule has 1 N–H and O–H groups in total. The van der Waals surface area contributed by atoms with Crippen LogP contribution in [-0.4, -0.2) is 23.0 Å². The molecular weight excluding hydrogens is 208 g/mol. The Morgan fingerprint density at radius 1 is 1.38 bits per heavy atom. The number of benzene rings is 1. The first-order chi connectivity index (χ1) is 7.35. The van der Waals surface area contributed by atoms with Crippen molar-refractivity contribution in [2.45, 2.75) is 26.4 Å². The van der Waals surface area contributed by atoms with Crippen molar-refractivity contribution in [3.05, 3.63) is 29.3 Å². The molecule has 0 saturated carbocycles. The summed E-state index contributed by atoms with van der Waals surface area (Å²) < 4.78 is 5.09. The topological polar surface area (TPSA) is 63.6 Å². The number of carbonyl (C=O) groups excluding carboxylic acids is 2. The second-order valence-corrected chi connectivity index (χ2v) is 4.36. The summed E-state index contributed by atoms with van der Waals surface area (Å²) in [6.45, 7) is 5.14. The van der Waals surface area contributed by atoms with Crippen molar-refractivity contribution in [2.75, 3.05) is 0 Å². The number of carbonyl (C=O) groups is 2. The number of aromatic hydroxyl groups is 1. The monoisotopic (exact) mass is 222 g/mol. The maximum Gasteiger partial charge on any atom is 0.343 e. The van der Waals surface area contributed by atoms with Gasteiger partial charge in [0, 0.05) is 5.56 Å². The summed E-state index contributed by atoms with van der Waals surface area (Å²) in [4.78, 5) is 22.5. The van der Waals surface area contributed by atoms with Crippen LogP contribution in [-0.2, 0) is 4.74 Å². The largest absolute Gasteiger partial charge is 0.507 e. The summed E-state index contributed by atoms with van der Waals surface area (Å²) in [7, 11) is 0. The van der Waals surface area contributed by atoms with E-state index in [0.29, 0.717) is 6.29 Å². The predicted molar refractivity (Wildman–Crippen MR) is 58.7 cm³/mol. The summed E-state index contributed by atoms with van der Waals surface area (Å²) in [5.74, 6) is -0.952. The van der Waals surface area contributed by atoms with Gasteiger partial charge in [0.25, 0.3) is 0 Å². The highest BCUT2D eigenvalue weighted by atomic mass is 16.6. The number of esters is 1. The van der Waals surface area contributed by atoms with E-state index in [1.807, 2.05) is 0 Å². The van der Waals surface area contributed by atoms with Crippen LogP contribution in [0.1, 0.15) is 41.5 Å². The zero-order chi connectivity index (χ0) is 12.3. The molecule has 0 saturated heterocycles. The Balaban J connectivity index is 3.12. The lowest BCUT2D eigenvalue weighted by molar-refractivity contribution is 0.00655. The van der Waals surface area contributed by atoms with Crippen LogP contribution >= 0.6 is 0 Å². The van der Waals surface area contributed by atoms with Crippen molar-refractivity contribution in [1.82, 2.24) is 0 Å². The average Bonchev–Trinajstić information content (AvgIpc) is 2.14. The third kappa shape index (κ3) is 2.82. The lowest BCUT2D eigenvalue weighted by atomic mass is 10.1. The third-order valence-electron chi connectivity index (χ3n) is 1.80. The van der Waals surface area contributed by atoms with Gasteiger partial charge in [0.15, 0.2) is 6.29 Å². The molecule has 0 radical (unpaired) electrons. The van der Waals surface area contributed by atoms with Crippen molar-refractivity contribution >= 4 is 12.3 Å². The second kappa shape index (κ2) is 4.35. The lowest BCUT2D eigenvalue weighted by Crippen LogP contribution is -2.24. The lowest BCUT2D eigenvalue weighted by Gasteiger charge is -2.20. The zero-order valence-corrected chi connectivity index (χ0v) is 9.48. The molecule has 0 aliphatic rings. The molecule has 0 fully saturated rings. The van der Waals surface area contributed by atoms with Crippen LogP contribution in [0.5, 0.6) is 5.75 Å². The zero-order valence-electron chi connectivity index (χ0n) is 9.48. The molecule has 1 aromatic rings. The Labute approximate surface area is 93.9 Å². The number of hydrogen-bond acceptors (Lipinski definition) is 4. The minimum Gasteiger partial charge on any atom is -0.507 e. The Hall–Kier alpha value is -1.84. The van der Waals surface area contributed by atoms with E-state index < -0.39 is 11.6 Å². The molecule has 0 aromatic heterocycles. The number of aldehydes is 1. The van der Waals surface area contributed by atoms with Crippen LogP contribution in [0.3, 0.4) is 0 Å². The van der Waals surface area contributed by atoms with Gasteiger partial charge in [-0.15, -0.1) is 0 Å². The summed E-state index contributed by atoms with van der Waals surface area (Å²) in [6, 6.07) is 4.28. The van der Waals surface area contributed by atoms with Crippen LogP contribution in [0, 0.1) is 0 Å². The SMILES string of the molecule is CC(C)(C)OC(=O)c1c(O)cccc1C=O. The molecule has 1 rings (SSSR count). The molecule has 0 spiro atoms. The summed E-state index contributed by atoms with van der Waals surface area (Å²) in [6.07, 6.45) is 0.513. The Morgan fingerprint density at radius 2 is 2.00 bits per heavy atom. The van der Waals surface area contributed by atoms with Gasteiger partial charge in [-0.25, -0.2) is 4.79 Å². The number of rotatable bonds is 2. The molecule has 1 aromatic carbocycles. The van der Waals surface area contributed by atoms with Crippen molar-refractivity contribution in [3.8, 4) is 5.75 Å². The highest BCUT2D eigenvalue weighted by molar-refractivity contribution is 6.00.